The van der Waals surface area contributed by atoms with E-state index in [-0.39, 0.29) is 5.56 Å². The maximum absolute atomic E-state index is 11.5. The molecule has 5 heteroatoms. The van der Waals surface area contributed by atoms with Gasteiger partial charge in [-0.3, -0.25) is 0 Å². The number of carboxylic acids is 1. The molecule has 1 aromatic carbocycles. The van der Waals surface area contributed by atoms with Crippen LogP contribution in [0.15, 0.2) is 18.2 Å². The zero-order valence-electron chi connectivity index (χ0n) is 11.9. The third kappa shape index (κ3) is 2.72. The zero-order valence-corrected chi connectivity index (χ0v) is 11.9. The number of likely N-dealkylation sites (N-methyl/N-ethyl adjacent to an activating group) is 1. The Morgan fingerprint density at radius 3 is 2.75 bits per heavy atom. The minimum atomic E-state index is -0.948. The van der Waals surface area contributed by atoms with Crippen LogP contribution in [0.2, 0.25) is 0 Å². The van der Waals surface area contributed by atoms with Gasteiger partial charge < -0.3 is 15.2 Å². The van der Waals surface area contributed by atoms with Gasteiger partial charge in [-0.25, -0.2) is 9.78 Å². The van der Waals surface area contributed by atoms with Gasteiger partial charge in [0.1, 0.15) is 11.3 Å². The second-order valence-electron chi connectivity index (χ2n) is 4.68. The number of carbonyl (C=O) groups is 1. The third-order valence-electron chi connectivity index (χ3n) is 3.16. The molecule has 106 valence electrons. The van der Waals surface area contributed by atoms with E-state index in [9.17, 15) is 9.90 Å². The number of benzene rings is 1. The normalized spacial score (nSPS) is 10.8. The molecule has 2 aromatic rings. The number of aromatic nitrogens is 1. The molecule has 5 nitrogen and oxygen atoms in total. The Morgan fingerprint density at radius 1 is 1.40 bits per heavy atom. The predicted molar refractivity (Wildman–Crippen MR) is 77.6 cm³/mol. The fourth-order valence-electron chi connectivity index (χ4n) is 2.20. The van der Waals surface area contributed by atoms with Gasteiger partial charge in [0.05, 0.1) is 12.7 Å². The van der Waals surface area contributed by atoms with E-state index < -0.39 is 5.97 Å². The minimum absolute atomic E-state index is 0.267. The molecule has 0 aliphatic heterocycles. The summed E-state index contributed by atoms with van der Waals surface area (Å²) in [6.07, 6.45) is 0.670. The average Bonchev–Trinajstić information content (AvgIpc) is 2.43. The second kappa shape index (κ2) is 5.88. The molecule has 0 atom stereocenters. The van der Waals surface area contributed by atoms with Crippen LogP contribution in [0.5, 0.6) is 5.75 Å². The summed E-state index contributed by atoms with van der Waals surface area (Å²) in [5.74, 6) is -0.343. The van der Waals surface area contributed by atoms with Crippen LogP contribution in [0.3, 0.4) is 0 Å². The Bertz CT molecular complexity index is 653. The molecule has 0 saturated carbocycles. The van der Waals surface area contributed by atoms with Gasteiger partial charge in [-0.1, -0.05) is 0 Å². The molecule has 0 fully saturated rings. The Hall–Kier alpha value is -2.14. The lowest BCUT2D eigenvalue weighted by Gasteiger charge is -2.11. The highest BCUT2D eigenvalue weighted by Crippen LogP contribution is 2.29. The van der Waals surface area contributed by atoms with Crippen LogP contribution in [-0.4, -0.2) is 36.8 Å². The van der Waals surface area contributed by atoms with Crippen molar-refractivity contribution >= 4 is 16.9 Å². The molecule has 20 heavy (non-hydrogen) atoms. The monoisotopic (exact) mass is 274 g/mol. The maximum Gasteiger partial charge on any atom is 0.336 e. The molecule has 0 unspecified atom stereocenters. The van der Waals surface area contributed by atoms with Gasteiger partial charge in [0.25, 0.3) is 0 Å². The van der Waals surface area contributed by atoms with E-state index in [4.69, 9.17) is 4.74 Å². The smallest absolute Gasteiger partial charge is 0.336 e. The first kappa shape index (κ1) is 14.3. The molecule has 1 heterocycles. The maximum atomic E-state index is 11.5. The average molecular weight is 274 g/mol. The number of pyridine rings is 1. The van der Waals surface area contributed by atoms with Gasteiger partial charge in [-0.05, 0) is 37.7 Å². The standard InChI is InChI=1S/C15H18N2O3/c1-9-6-11-12(15(18)19)8-10(4-5-16-2)17-14(11)13(7-9)20-3/h6-8,16H,4-5H2,1-3H3,(H,18,19). The SMILES string of the molecule is CNCCc1cc(C(=O)O)c2cc(C)cc(OC)c2n1. The molecule has 0 radical (unpaired) electrons. The number of hydrogen-bond acceptors (Lipinski definition) is 4. The molecular formula is C15H18N2O3. The number of rotatable bonds is 5. The first-order valence-electron chi connectivity index (χ1n) is 6.43. The fraction of sp³-hybridized carbons (Fsp3) is 0.333. The lowest BCUT2D eigenvalue weighted by atomic mass is 10.0. The molecule has 0 saturated heterocycles. The summed E-state index contributed by atoms with van der Waals surface area (Å²) >= 11 is 0. The van der Waals surface area contributed by atoms with Crippen molar-refractivity contribution in [3.8, 4) is 5.75 Å². The molecule has 1 aromatic heterocycles. The van der Waals surface area contributed by atoms with Crippen LogP contribution in [0.1, 0.15) is 21.6 Å². The van der Waals surface area contributed by atoms with Gasteiger partial charge in [0.2, 0.25) is 0 Å². The number of methoxy groups -OCH3 is 1. The summed E-state index contributed by atoms with van der Waals surface area (Å²) in [5.41, 5.74) is 2.56. The molecule has 2 rings (SSSR count). The number of nitrogens with one attached hydrogen (secondary N) is 1. The van der Waals surface area contributed by atoms with Crippen LogP contribution in [-0.2, 0) is 6.42 Å². The largest absolute Gasteiger partial charge is 0.494 e. The fourth-order valence-corrected chi connectivity index (χ4v) is 2.20. The Labute approximate surface area is 117 Å². The van der Waals surface area contributed by atoms with E-state index in [2.05, 4.69) is 10.3 Å². The summed E-state index contributed by atoms with van der Waals surface area (Å²) in [7, 11) is 3.42. The van der Waals surface area contributed by atoms with Crippen LogP contribution < -0.4 is 10.1 Å². The Morgan fingerprint density at radius 2 is 2.15 bits per heavy atom. The molecule has 0 bridgehead atoms. The summed E-state index contributed by atoms with van der Waals surface area (Å²) in [5, 5.41) is 13.0. The van der Waals surface area contributed by atoms with Gasteiger partial charge in [-0.2, -0.15) is 0 Å². The summed E-state index contributed by atoms with van der Waals surface area (Å²) in [6.45, 7) is 2.65. The second-order valence-corrected chi connectivity index (χ2v) is 4.68. The highest BCUT2D eigenvalue weighted by atomic mass is 16.5. The van der Waals surface area contributed by atoms with E-state index in [1.165, 1.54) is 0 Å². The number of aryl methyl sites for hydroxylation is 1. The zero-order chi connectivity index (χ0) is 14.7. The summed E-state index contributed by atoms with van der Waals surface area (Å²) in [6, 6.07) is 5.33. The quantitative estimate of drug-likeness (QED) is 0.872. The van der Waals surface area contributed by atoms with E-state index in [1.807, 2.05) is 26.1 Å². The number of nitrogens with zero attached hydrogens (tertiary/aromatic N) is 1. The van der Waals surface area contributed by atoms with Crippen molar-refractivity contribution in [3.63, 3.8) is 0 Å². The van der Waals surface area contributed by atoms with Crippen molar-refractivity contribution in [3.05, 3.63) is 35.0 Å². The van der Waals surface area contributed by atoms with Crippen molar-refractivity contribution in [1.82, 2.24) is 10.3 Å². The van der Waals surface area contributed by atoms with Crippen molar-refractivity contribution in [2.75, 3.05) is 20.7 Å². The molecule has 0 amide bonds. The number of hydrogen-bond donors (Lipinski definition) is 2. The highest BCUT2D eigenvalue weighted by molar-refractivity contribution is 6.04. The van der Waals surface area contributed by atoms with E-state index >= 15 is 0 Å². The Kier molecular flexibility index (Phi) is 4.20. The van der Waals surface area contributed by atoms with Crippen LogP contribution in [0.4, 0.5) is 0 Å². The van der Waals surface area contributed by atoms with Crippen molar-refractivity contribution < 1.29 is 14.6 Å². The van der Waals surface area contributed by atoms with Crippen LogP contribution >= 0.6 is 0 Å². The summed E-state index contributed by atoms with van der Waals surface area (Å²) < 4.78 is 5.33. The first-order chi connectivity index (χ1) is 9.56. The van der Waals surface area contributed by atoms with Crippen molar-refractivity contribution in [2.24, 2.45) is 0 Å². The molecule has 2 N–H and O–H groups in total. The summed E-state index contributed by atoms with van der Waals surface area (Å²) in [4.78, 5) is 16.0. The lowest BCUT2D eigenvalue weighted by Crippen LogP contribution is -2.12. The predicted octanol–water partition coefficient (Wildman–Crippen LogP) is 2.01. The highest BCUT2D eigenvalue weighted by Gasteiger charge is 2.15. The van der Waals surface area contributed by atoms with Gasteiger partial charge in [-0.15, -0.1) is 0 Å². The molecule has 0 aliphatic carbocycles. The molecule has 0 aliphatic rings. The minimum Gasteiger partial charge on any atom is -0.494 e. The van der Waals surface area contributed by atoms with Crippen molar-refractivity contribution in [2.45, 2.75) is 13.3 Å². The number of ether oxygens (including phenoxy) is 1. The lowest BCUT2D eigenvalue weighted by molar-refractivity contribution is 0.0699. The molecular weight excluding hydrogens is 256 g/mol. The number of aromatic carboxylic acids is 1. The van der Waals surface area contributed by atoms with Crippen molar-refractivity contribution in [1.29, 1.82) is 0 Å². The van der Waals surface area contributed by atoms with E-state index in [0.29, 0.717) is 23.1 Å². The number of fused-ring (bicyclic) bond motifs is 1. The Balaban J connectivity index is 2.71. The third-order valence-corrected chi connectivity index (χ3v) is 3.16. The number of carboxylic acid groups (broad SMARTS) is 1. The van der Waals surface area contributed by atoms with Crippen LogP contribution in [0, 0.1) is 6.92 Å². The molecule has 0 spiro atoms. The van der Waals surface area contributed by atoms with E-state index in [0.717, 1.165) is 17.8 Å². The first-order valence-corrected chi connectivity index (χ1v) is 6.43. The van der Waals surface area contributed by atoms with E-state index in [1.54, 1.807) is 13.2 Å². The van der Waals surface area contributed by atoms with Gasteiger partial charge in [0, 0.05) is 24.0 Å². The topological polar surface area (TPSA) is 71.5 Å². The van der Waals surface area contributed by atoms with Crippen LogP contribution in [0.25, 0.3) is 10.9 Å². The van der Waals surface area contributed by atoms with Gasteiger partial charge in [0.15, 0.2) is 0 Å². The van der Waals surface area contributed by atoms with Gasteiger partial charge >= 0.3 is 5.97 Å².